The van der Waals surface area contributed by atoms with E-state index in [-0.39, 0.29) is 64.2 Å². The predicted molar refractivity (Wildman–Crippen MR) is 267 cm³/mol. The van der Waals surface area contributed by atoms with Crippen LogP contribution >= 0.6 is 31.3 Å². The second kappa shape index (κ2) is 23.8. The molecule has 3 aliphatic rings. The molecule has 0 aliphatic carbocycles. The first-order valence-corrected chi connectivity index (χ1v) is 30.1. The maximum Gasteiger partial charge on any atom is 0.490 e. The largest absolute Gasteiger partial charge is 0.490 e. The monoisotopic (exact) mass is 1230 g/mol. The molecule has 0 spiro atoms. The number of aliphatic hydroxyl groups is 3. The number of phosphoric acid groups is 4. The van der Waals surface area contributed by atoms with Crippen LogP contribution in [0.4, 0.5) is 17.7 Å². The molecule has 4 unspecified atom stereocenters. The van der Waals surface area contributed by atoms with Crippen LogP contribution in [0.2, 0.25) is 0 Å². The van der Waals surface area contributed by atoms with E-state index in [0.29, 0.717) is 6.61 Å². The lowest BCUT2D eigenvalue weighted by atomic mass is 9.95. The molecule has 6 aromatic rings. The number of nitrogen functional groups attached to an aromatic ring is 3. The van der Waals surface area contributed by atoms with Gasteiger partial charge in [0.2, 0.25) is 17.7 Å². The second-order valence-corrected chi connectivity index (χ2v) is 24.4. The summed E-state index contributed by atoms with van der Waals surface area (Å²) in [7, 11) is -20.8. The van der Waals surface area contributed by atoms with Crippen LogP contribution < -0.4 is 32.9 Å². The van der Waals surface area contributed by atoms with Crippen molar-refractivity contribution >= 4 is 82.5 Å². The lowest BCUT2D eigenvalue weighted by molar-refractivity contribution is -0.745. The number of nitrogens with one attached hydrogen (secondary N) is 2. The molecule has 0 saturated carbocycles. The summed E-state index contributed by atoms with van der Waals surface area (Å²) in [5, 5.41) is 33.4. The number of rotatable bonds is 25. The number of nitrogens with zero attached hydrogens (tertiary/aromatic N) is 10. The fourth-order valence-electron chi connectivity index (χ4n) is 9.30. The highest BCUT2D eigenvalue weighted by molar-refractivity contribution is 7.66. The van der Waals surface area contributed by atoms with Gasteiger partial charge < -0.3 is 75.8 Å². The summed E-state index contributed by atoms with van der Waals surface area (Å²) in [5.74, 6) is -1.58. The summed E-state index contributed by atoms with van der Waals surface area (Å²) in [6, 6.07) is 0. The van der Waals surface area contributed by atoms with E-state index in [1.807, 2.05) is 6.92 Å². The number of hydrogen-bond acceptors (Lipinski definition) is 29. The number of hydrogen-bond donors (Lipinski definition) is 12. The number of nitrogens with two attached hydrogens (primary N) is 3. The van der Waals surface area contributed by atoms with Gasteiger partial charge in [-0.3, -0.25) is 51.4 Å². The molecule has 39 nitrogen and oxygen atoms in total. The van der Waals surface area contributed by atoms with Crippen molar-refractivity contribution in [3.05, 3.63) is 46.0 Å². The molecule has 81 heavy (non-hydrogen) atoms. The average Bonchev–Trinajstić information content (AvgIpc) is 4.33. The van der Waals surface area contributed by atoms with Crippen molar-refractivity contribution in [3.8, 4) is 0 Å². The second-order valence-electron chi connectivity index (χ2n) is 18.4. The Bertz CT molecular complexity index is 3590. The van der Waals surface area contributed by atoms with Crippen LogP contribution in [0.15, 0.2) is 34.9 Å². The van der Waals surface area contributed by atoms with Gasteiger partial charge in [0.05, 0.1) is 45.6 Å². The normalized spacial score (nSPS) is 29.1. The molecule has 9 rings (SSSR count). The van der Waals surface area contributed by atoms with E-state index < -0.39 is 136 Å². The van der Waals surface area contributed by atoms with Gasteiger partial charge in [0, 0.05) is 26.2 Å². The SMILES string of the molecule is CCCCOCC[C@H]1[C@@H](O)[C@H]([n+]2cn(C)c3c(=O)[nH]c(N)nc32)O[C@@H]1COP(=O)(O)OP(=O)(O)OP(=O)(O)OC[C@H]1O[C@@H](n2cnc3c(N)ncnc32)[C@H](OC)[C@@H]1OP(=O)(O)OC[C@H]1O[C@@H](n2cnc3c(=O)[nH]c(N)nc32)[C@H](O)[C@@H]1O. The Kier molecular flexibility index (Phi) is 17.8. The van der Waals surface area contributed by atoms with Crippen LogP contribution in [0.3, 0.4) is 0 Å². The van der Waals surface area contributed by atoms with Crippen LogP contribution in [-0.2, 0) is 75.7 Å². The van der Waals surface area contributed by atoms with Crippen LogP contribution in [0.1, 0.15) is 44.9 Å². The first-order valence-electron chi connectivity index (χ1n) is 24.1. The molecule has 9 heterocycles. The number of fused-ring (bicyclic) bond motifs is 3. The number of unbranched alkanes of at least 4 members (excludes halogenated alkanes) is 1. The Labute approximate surface area is 453 Å². The molecule has 0 radical (unpaired) electrons. The van der Waals surface area contributed by atoms with Crippen LogP contribution in [-0.4, -0.2) is 177 Å². The van der Waals surface area contributed by atoms with Crippen molar-refractivity contribution in [1.82, 2.24) is 53.6 Å². The lowest BCUT2D eigenvalue weighted by Crippen LogP contribution is -2.45. The Balaban J connectivity index is 0.871. The number of aromatic amines is 2. The maximum absolute atomic E-state index is 13.8. The molecule has 16 atom stereocenters. The average molecular weight is 1230 g/mol. The van der Waals surface area contributed by atoms with E-state index in [0.717, 1.165) is 43.5 Å². The van der Waals surface area contributed by atoms with Gasteiger partial charge in [0.15, 0.2) is 41.4 Å². The number of aliphatic hydroxyl groups excluding tert-OH is 3. The minimum Gasteiger partial charge on any atom is -0.387 e. The standard InChI is InChI=1S/C38H55N15O24P4/c1-4-5-7-68-8-6-16-17(72-34(23(16)54)53-15-50(2)22-31(53)47-38(41)49-33(22)58)9-70-79(61,62)76-81(65,66)77-80(63,64)71-11-19-26(27(67-3)36(74-19)51-13-44-20-28(39)42-12-43-29(20)51)75-78(59,60)69-10-18-24(55)25(56)35(73-18)52-14-45-21-30(52)46-37(40)48-32(21)57/h12-19,23-27,34-36,54-56H,4-11H2,1-3H3,(H11-,39,40,41,42,43,46,47,48,49,57,58,59,60,61,62,63,64,65,66)/p+1/t16-,17-,18-,19-,23-,24-,25-,26-,27-,34-,35-,36-/m1/s1. The van der Waals surface area contributed by atoms with E-state index in [1.54, 1.807) is 0 Å². The summed E-state index contributed by atoms with van der Waals surface area (Å²) >= 11 is 0. The third-order valence-corrected chi connectivity index (χ3v) is 18.2. The Morgan fingerprint density at radius 2 is 1.32 bits per heavy atom. The zero-order valence-corrected chi connectivity index (χ0v) is 46.0. The van der Waals surface area contributed by atoms with Crippen LogP contribution in [0.5, 0.6) is 0 Å². The molecule has 3 fully saturated rings. The van der Waals surface area contributed by atoms with Gasteiger partial charge in [0.1, 0.15) is 54.6 Å². The van der Waals surface area contributed by atoms with E-state index in [2.05, 4.69) is 48.5 Å². The molecule has 15 N–H and O–H groups in total. The zero-order valence-electron chi connectivity index (χ0n) is 42.5. The molecule has 6 aromatic heterocycles. The first-order chi connectivity index (χ1) is 38.2. The molecular formula is C38H56N15O24P4+. The van der Waals surface area contributed by atoms with Crippen molar-refractivity contribution in [2.75, 3.05) is 57.3 Å². The minimum absolute atomic E-state index is 0.000257. The first kappa shape index (κ1) is 60.4. The summed E-state index contributed by atoms with van der Waals surface area (Å²) in [4.78, 5) is 97.0. The molecule has 0 bridgehead atoms. The van der Waals surface area contributed by atoms with Gasteiger partial charge in [-0.25, -0.2) is 42.8 Å². The van der Waals surface area contributed by atoms with E-state index in [1.165, 1.54) is 27.1 Å². The predicted octanol–water partition coefficient (Wildman–Crippen LogP) is -2.25. The highest BCUT2D eigenvalue weighted by Gasteiger charge is 2.54. The van der Waals surface area contributed by atoms with Crippen molar-refractivity contribution in [2.45, 2.75) is 93.7 Å². The number of aryl methyl sites for hydroxylation is 1. The summed E-state index contributed by atoms with van der Waals surface area (Å²) < 4.78 is 117. The van der Waals surface area contributed by atoms with E-state index >= 15 is 0 Å². The molecule has 3 aliphatic heterocycles. The van der Waals surface area contributed by atoms with Gasteiger partial charge >= 0.3 is 36.9 Å². The highest BCUT2D eigenvalue weighted by atomic mass is 31.3. The molecule has 446 valence electrons. The quantitative estimate of drug-likeness (QED) is 0.0164. The van der Waals surface area contributed by atoms with Crippen molar-refractivity contribution in [1.29, 1.82) is 0 Å². The smallest absolute Gasteiger partial charge is 0.387 e. The Hall–Kier alpha value is -5.15. The van der Waals surface area contributed by atoms with Crippen molar-refractivity contribution in [2.24, 2.45) is 13.0 Å². The van der Waals surface area contributed by atoms with E-state index in [9.17, 15) is 62.7 Å². The highest BCUT2D eigenvalue weighted by Crippen LogP contribution is 2.68. The van der Waals surface area contributed by atoms with Gasteiger partial charge in [-0.2, -0.15) is 13.6 Å². The number of H-pyrrole nitrogens is 2. The number of methoxy groups -OCH3 is 1. The topological polar surface area (TPSA) is 551 Å². The number of ether oxygens (including phenoxy) is 5. The molecule has 0 aromatic carbocycles. The molecule has 0 amide bonds. The molecule has 3 saturated heterocycles. The number of imidazole rings is 3. The third-order valence-electron chi connectivity index (χ3n) is 13.0. The van der Waals surface area contributed by atoms with Gasteiger partial charge in [-0.15, -0.1) is 0 Å². The fraction of sp³-hybridized carbons (Fsp3) is 0.605. The Morgan fingerprint density at radius 1 is 0.704 bits per heavy atom. The van der Waals surface area contributed by atoms with Gasteiger partial charge in [0.25, 0.3) is 17.1 Å². The van der Waals surface area contributed by atoms with E-state index in [4.69, 9.17) is 59.0 Å². The summed E-state index contributed by atoms with van der Waals surface area (Å²) in [6.07, 6.45) is -11.1. The number of anilines is 3. The summed E-state index contributed by atoms with van der Waals surface area (Å²) in [6.45, 7) is -0.764. The van der Waals surface area contributed by atoms with Crippen molar-refractivity contribution < 1.29 is 108 Å². The van der Waals surface area contributed by atoms with Gasteiger partial charge in [-0.05, 0) is 12.8 Å². The number of aromatic nitrogens is 12. The van der Waals surface area contributed by atoms with Crippen LogP contribution in [0, 0.1) is 5.92 Å². The molecular weight excluding hydrogens is 1170 g/mol. The minimum atomic E-state index is -6.19. The van der Waals surface area contributed by atoms with Crippen LogP contribution in [0.25, 0.3) is 33.5 Å². The van der Waals surface area contributed by atoms with Gasteiger partial charge in [-0.1, -0.05) is 18.3 Å². The number of phosphoric ester groups is 3. The third kappa shape index (κ3) is 13.0. The summed E-state index contributed by atoms with van der Waals surface area (Å²) in [5.41, 5.74) is 15.9. The fourth-order valence-corrected chi connectivity index (χ4v) is 13.8. The maximum atomic E-state index is 13.8. The zero-order chi connectivity index (χ0) is 58.5. The van der Waals surface area contributed by atoms with Crippen molar-refractivity contribution in [3.63, 3.8) is 0 Å². The Morgan fingerprint density at radius 3 is 2.01 bits per heavy atom. The lowest BCUT2D eigenvalue weighted by Gasteiger charge is -2.26. The molecule has 43 heteroatoms.